The van der Waals surface area contributed by atoms with Crippen molar-refractivity contribution in [3.8, 4) is 0 Å². The first-order valence-electron chi connectivity index (χ1n) is 9.79. The molecule has 1 aliphatic carbocycles. The summed E-state index contributed by atoms with van der Waals surface area (Å²) in [5, 5.41) is 7.89. The van der Waals surface area contributed by atoms with Crippen molar-refractivity contribution < 1.29 is 0 Å². The lowest BCUT2D eigenvalue weighted by molar-refractivity contribution is 0.327. The Morgan fingerprint density at radius 1 is 1.12 bits per heavy atom. The van der Waals surface area contributed by atoms with Crippen molar-refractivity contribution in [1.82, 2.24) is 5.32 Å². The molecular formula is C21H34N2S. The van der Waals surface area contributed by atoms with Crippen molar-refractivity contribution in [1.29, 1.82) is 0 Å². The van der Waals surface area contributed by atoms with Crippen molar-refractivity contribution in [3.05, 3.63) is 28.8 Å². The zero-order valence-electron chi connectivity index (χ0n) is 15.9. The summed E-state index contributed by atoms with van der Waals surface area (Å²) in [6.45, 7) is 9.05. The molecule has 134 valence electrons. The number of hydrogen-bond acceptors (Lipinski definition) is 1. The van der Waals surface area contributed by atoms with Gasteiger partial charge in [0.25, 0.3) is 0 Å². The van der Waals surface area contributed by atoms with Gasteiger partial charge in [0.15, 0.2) is 5.11 Å². The van der Waals surface area contributed by atoms with Crippen LogP contribution in [0.5, 0.6) is 0 Å². The minimum atomic E-state index is 0.531. The Labute approximate surface area is 153 Å². The maximum atomic E-state index is 5.63. The van der Waals surface area contributed by atoms with Gasteiger partial charge in [-0.1, -0.05) is 59.1 Å². The van der Waals surface area contributed by atoms with Crippen LogP contribution >= 0.6 is 12.2 Å². The lowest BCUT2D eigenvalue weighted by Crippen LogP contribution is -2.40. The molecule has 1 saturated carbocycles. The zero-order valence-corrected chi connectivity index (χ0v) is 16.7. The molecule has 2 unspecified atom stereocenters. The first-order chi connectivity index (χ1) is 11.6. The van der Waals surface area contributed by atoms with Crippen LogP contribution < -0.4 is 10.6 Å². The van der Waals surface area contributed by atoms with Crippen LogP contribution in [0.4, 0.5) is 5.69 Å². The summed E-state index contributed by atoms with van der Waals surface area (Å²) >= 11 is 5.63. The summed E-state index contributed by atoms with van der Waals surface area (Å²) in [6.07, 6.45) is 9.57. The average molecular weight is 347 g/mol. The van der Waals surface area contributed by atoms with E-state index in [-0.39, 0.29) is 0 Å². The predicted octanol–water partition coefficient (Wildman–Crippen LogP) is 5.63. The Bertz CT molecular complexity index is 528. The molecule has 2 rings (SSSR count). The lowest BCUT2D eigenvalue weighted by Gasteiger charge is -2.29. The van der Waals surface area contributed by atoms with Gasteiger partial charge in [-0.25, -0.2) is 0 Å². The van der Waals surface area contributed by atoms with E-state index in [0.717, 1.165) is 30.3 Å². The summed E-state index contributed by atoms with van der Waals surface area (Å²) in [6, 6.07) is 5.25. The molecule has 2 atom stereocenters. The Balaban J connectivity index is 2.10. The van der Waals surface area contributed by atoms with Crippen molar-refractivity contribution in [2.45, 2.75) is 85.1 Å². The number of aryl methyl sites for hydroxylation is 3. The van der Waals surface area contributed by atoms with Crippen LogP contribution in [0.2, 0.25) is 0 Å². The summed E-state index contributed by atoms with van der Waals surface area (Å²) in [7, 11) is 0. The van der Waals surface area contributed by atoms with E-state index in [1.54, 1.807) is 0 Å². The van der Waals surface area contributed by atoms with E-state index in [1.165, 1.54) is 54.5 Å². The molecule has 1 aromatic carbocycles. The molecule has 2 N–H and O–H groups in total. The Morgan fingerprint density at radius 3 is 2.33 bits per heavy atom. The van der Waals surface area contributed by atoms with E-state index < -0.39 is 0 Å². The summed E-state index contributed by atoms with van der Waals surface area (Å²) in [4.78, 5) is 0. The average Bonchev–Trinajstić information content (AvgIpc) is 2.56. The van der Waals surface area contributed by atoms with Gasteiger partial charge in [0.05, 0.1) is 0 Å². The van der Waals surface area contributed by atoms with E-state index >= 15 is 0 Å². The standard InChI is InChI=1S/C21H34N2S/c1-5-9-16-13-17(6-2)20(18(7-3)14-16)23-21(24)22-19-11-8-10-15(4)12-19/h13-15,19H,5-12H2,1-4H3,(H2,22,23,24). The second-order valence-corrected chi connectivity index (χ2v) is 7.72. The molecular weight excluding hydrogens is 312 g/mol. The smallest absolute Gasteiger partial charge is 0.171 e. The van der Waals surface area contributed by atoms with E-state index in [1.807, 2.05) is 0 Å². The topological polar surface area (TPSA) is 24.1 Å². The van der Waals surface area contributed by atoms with Crippen LogP contribution in [0.3, 0.4) is 0 Å². The number of rotatable bonds is 6. The molecule has 1 fully saturated rings. The van der Waals surface area contributed by atoms with Gasteiger partial charge in [0.2, 0.25) is 0 Å². The number of anilines is 1. The molecule has 0 amide bonds. The first kappa shape index (κ1) is 19.2. The molecule has 0 aliphatic heterocycles. The zero-order chi connectivity index (χ0) is 17.5. The number of nitrogens with one attached hydrogen (secondary N) is 2. The van der Waals surface area contributed by atoms with Gasteiger partial charge in [-0.15, -0.1) is 0 Å². The van der Waals surface area contributed by atoms with Crippen molar-refractivity contribution in [3.63, 3.8) is 0 Å². The van der Waals surface area contributed by atoms with Crippen molar-refractivity contribution >= 4 is 23.0 Å². The van der Waals surface area contributed by atoms with Gasteiger partial charge < -0.3 is 10.6 Å². The second kappa shape index (κ2) is 9.41. The van der Waals surface area contributed by atoms with E-state index in [0.29, 0.717) is 6.04 Å². The normalized spacial score (nSPS) is 20.7. The van der Waals surface area contributed by atoms with E-state index in [9.17, 15) is 0 Å². The minimum Gasteiger partial charge on any atom is -0.360 e. The van der Waals surface area contributed by atoms with Crippen molar-refractivity contribution in [2.75, 3.05) is 5.32 Å². The number of hydrogen-bond donors (Lipinski definition) is 2. The highest BCUT2D eigenvalue weighted by Crippen LogP contribution is 2.27. The first-order valence-corrected chi connectivity index (χ1v) is 10.2. The maximum Gasteiger partial charge on any atom is 0.171 e. The monoisotopic (exact) mass is 346 g/mol. The highest BCUT2D eigenvalue weighted by atomic mass is 32.1. The molecule has 0 spiro atoms. The van der Waals surface area contributed by atoms with E-state index in [2.05, 4.69) is 50.5 Å². The molecule has 0 heterocycles. The summed E-state index contributed by atoms with van der Waals surface area (Å²) in [5.74, 6) is 0.810. The van der Waals surface area contributed by atoms with Gasteiger partial charge >= 0.3 is 0 Å². The van der Waals surface area contributed by atoms with Crippen LogP contribution in [0.1, 0.15) is 76.5 Å². The third-order valence-electron chi connectivity index (χ3n) is 5.17. The molecule has 0 saturated heterocycles. The highest BCUT2D eigenvalue weighted by molar-refractivity contribution is 7.80. The predicted molar refractivity (Wildman–Crippen MR) is 110 cm³/mol. The highest BCUT2D eigenvalue weighted by Gasteiger charge is 2.20. The molecule has 1 aromatic rings. The van der Waals surface area contributed by atoms with Gasteiger partial charge in [0, 0.05) is 11.7 Å². The molecule has 1 aliphatic rings. The molecule has 24 heavy (non-hydrogen) atoms. The van der Waals surface area contributed by atoms with Crippen LogP contribution in [0.25, 0.3) is 0 Å². The molecule has 2 nitrogen and oxygen atoms in total. The van der Waals surface area contributed by atoms with Crippen LogP contribution in [-0.2, 0) is 19.3 Å². The fourth-order valence-corrected chi connectivity index (χ4v) is 4.16. The fourth-order valence-electron chi connectivity index (χ4n) is 3.89. The van der Waals surface area contributed by atoms with Crippen molar-refractivity contribution in [2.24, 2.45) is 5.92 Å². The molecule has 3 heteroatoms. The van der Waals surface area contributed by atoms with Crippen LogP contribution in [0, 0.1) is 5.92 Å². The maximum absolute atomic E-state index is 5.63. The van der Waals surface area contributed by atoms with Gasteiger partial charge in [-0.2, -0.15) is 0 Å². The van der Waals surface area contributed by atoms with Crippen LogP contribution in [-0.4, -0.2) is 11.2 Å². The quantitative estimate of drug-likeness (QED) is 0.653. The number of thiocarbonyl (C=S) groups is 1. The SMILES string of the molecule is CCCc1cc(CC)c(NC(=S)NC2CCCC(C)C2)c(CC)c1. The second-order valence-electron chi connectivity index (χ2n) is 7.31. The Hall–Kier alpha value is -1.09. The molecule has 0 bridgehead atoms. The summed E-state index contributed by atoms with van der Waals surface area (Å²) in [5.41, 5.74) is 5.47. The largest absolute Gasteiger partial charge is 0.360 e. The Morgan fingerprint density at radius 2 is 1.79 bits per heavy atom. The lowest BCUT2D eigenvalue weighted by atomic mass is 9.87. The van der Waals surface area contributed by atoms with Gasteiger partial charge in [0.1, 0.15) is 0 Å². The summed E-state index contributed by atoms with van der Waals surface area (Å²) < 4.78 is 0. The van der Waals surface area contributed by atoms with E-state index in [4.69, 9.17) is 12.2 Å². The molecule has 0 aromatic heterocycles. The van der Waals surface area contributed by atoms with Gasteiger partial charge in [-0.05, 0) is 66.9 Å². The van der Waals surface area contributed by atoms with Crippen LogP contribution in [0.15, 0.2) is 12.1 Å². The van der Waals surface area contributed by atoms with Gasteiger partial charge in [-0.3, -0.25) is 0 Å². The minimum absolute atomic E-state index is 0.531. The third kappa shape index (κ3) is 5.20. The number of benzene rings is 1. The Kier molecular flexibility index (Phi) is 7.54. The molecule has 0 radical (unpaired) electrons. The fraction of sp³-hybridized carbons (Fsp3) is 0.667. The third-order valence-corrected chi connectivity index (χ3v) is 5.39.